The van der Waals surface area contributed by atoms with Gasteiger partial charge in [0.2, 0.25) is 0 Å². The fourth-order valence-electron chi connectivity index (χ4n) is 2.15. The average molecular weight is 387 g/mol. The molecule has 1 atom stereocenters. The molecule has 4 heteroatoms. The standard InChI is InChI=1S/C16H16F2IN/c1-2-7-20-16(14-5-3-4-6-15(14)19)11-8-12(17)10-13(18)9-11/h3-6,8-10,16,20H,2,7H2,1H3. The summed E-state index contributed by atoms with van der Waals surface area (Å²) in [5.74, 6) is -1.09. The minimum absolute atomic E-state index is 0.201. The molecule has 0 heterocycles. The van der Waals surface area contributed by atoms with Crippen molar-refractivity contribution in [3.8, 4) is 0 Å². The summed E-state index contributed by atoms with van der Waals surface area (Å²) in [7, 11) is 0. The SMILES string of the molecule is CCCNC(c1cc(F)cc(F)c1)c1ccccc1I. The molecule has 106 valence electrons. The number of nitrogens with one attached hydrogen (secondary N) is 1. The topological polar surface area (TPSA) is 12.0 Å². The zero-order valence-electron chi connectivity index (χ0n) is 11.2. The van der Waals surface area contributed by atoms with E-state index in [2.05, 4.69) is 34.8 Å². The van der Waals surface area contributed by atoms with Crippen LogP contribution in [0.3, 0.4) is 0 Å². The van der Waals surface area contributed by atoms with Crippen molar-refractivity contribution in [3.05, 3.63) is 68.8 Å². The van der Waals surface area contributed by atoms with E-state index >= 15 is 0 Å². The van der Waals surface area contributed by atoms with Gasteiger partial charge in [0, 0.05) is 9.64 Å². The van der Waals surface area contributed by atoms with Gasteiger partial charge in [-0.3, -0.25) is 0 Å². The van der Waals surface area contributed by atoms with Gasteiger partial charge in [-0.05, 0) is 64.9 Å². The lowest BCUT2D eigenvalue weighted by Gasteiger charge is -2.21. The van der Waals surface area contributed by atoms with E-state index in [1.807, 2.05) is 24.3 Å². The van der Waals surface area contributed by atoms with Crippen molar-refractivity contribution >= 4 is 22.6 Å². The number of rotatable bonds is 5. The van der Waals surface area contributed by atoms with Crippen LogP contribution in [-0.4, -0.2) is 6.54 Å². The molecule has 0 bridgehead atoms. The second kappa shape index (κ2) is 7.13. The minimum atomic E-state index is -0.547. The van der Waals surface area contributed by atoms with Crippen molar-refractivity contribution in [2.75, 3.05) is 6.54 Å². The Morgan fingerprint density at radius 2 is 1.75 bits per heavy atom. The molecule has 2 aromatic rings. The third-order valence-electron chi connectivity index (χ3n) is 3.03. The number of hydrogen-bond acceptors (Lipinski definition) is 1. The Hall–Kier alpha value is -1.01. The molecule has 0 radical (unpaired) electrons. The Labute approximate surface area is 131 Å². The average Bonchev–Trinajstić information content (AvgIpc) is 2.40. The summed E-state index contributed by atoms with van der Waals surface area (Å²) in [5, 5.41) is 3.36. The summed E-state index contributed by atoms with van der Waals surface area (Å²) < 4.78 is 28.0. The van der Waals surface area contributed by atoms with Crippen molar-refractivity contribution in [1.82, 2.24) is 5.32 Å². The lowest BCUT2D eigenvalue weighted by atomic mass is 9.98. The lowest BCUT2D eigenvalue weighted by molar-refractivity contribution is 0.558. The van der Waals surface area contributed by atoms with E-state index < -0.39 is 11.6 Å². The van der Waals surface area contributed by atoms with Crippen LogP contribution in [0, 0.1) is 15.2 Å². The second-order valence-electron chi connectivity index (χ2n) is 4.61. The van der Waals surface area contributed by atoms with Crippen LogP contribution in [0.1, 0.15) is 30.5 Å². The van der Waals surface area contributed by atoms with Crippen LogP contribution in [0.25, 0.3) is 0 Å². The molecule has 1 nitrogen and oxygen atoms in total. The molecule has 2 rings (SSSR count). The highest BCUT2D eigenvalue weighted by Crippen LogP contribution is 2.27. The maximum absolute atomic E-state index is 13.5. The highest BCUT2D eigenvalue weighted by molar-refractivity contribution is 14.1. The van der Waals surface area contributed by atoms with Gasteiger partial charge in [0.25, 0.3) is 0 Å². The Kier molecular flexibility index (Phi) is 5.48. The van der Waals surface area contributed by atoms with E-state index in [9.17, 15) is 8.78 Å². The quantitative estimate of drug-likeness (QED) is 0.737. The van der Waals surface area contributed by atoms with E-state index in [1.165, 1.54) is 12.1 Å². The minimum Gasteiger partial charge on any atom is -0.306 e. The first-order chi connectivity index (χ1) is 9.61. The fourth-order valence-corrected chi connectivity index (χ4v) is 2.85. The number of halogens is 3. The zero-order valence-corrected chi connectivity index (χ0v) is 13.3. The predicted molar refractivity (Wildman–Crippen MR) is 85.7 cm³/mol. The number of hydrogen-bond donors (Lipinski definition) is 1. The van der Waals surface area contributed by atoms with Gasteiger partial charge in [-0.2, -0.15) is 0 Å². The van der Waals surface area contributed by atoms with Crippen LogP contribution in [0.15, 0.2) is 42.5 Å². The first-order valence-electron chi connectivity index (χ1n) is 6.55. The summed E-state index contributed by atoms with van der Waals surface area (Å²) in [6.45, 7) is 2.85. The van der Waals surface area contributed by atoms with E-state index in [1.54, 1.807) is 0 Å². The fraction of sp³-hybridized carbons (Fsp3) is 0.250. The summed E-state index contributed by atoms with van der Waals surface area (Å²) in [6, 6.07) is 11.3. The molecule has 0 aromatic heterocycles. The summed E-state index contributed by atoms with van der Waals surface area (Å²) in [5.41, 5.74) is 1.65. The first kappa shape index (κ1) is 15.4. The molecule has 0 spiro atoms. The van der Waals surface area contributed by atoms with Crippen molar-refractivity contribution in [3.63, 3.8) is 0 Å². The predicted octanol–water partition coefficient (Wildman–Crippen LogP) is 4.66. The van der Waals surface area contributed by atoms with Gasteiger partial charge < -0.3 is 5.32 Å². The second-order valence-corrected chi connectivity index (χ2v) is 5.77. The Bertz CT molecular complexity index is 566. The molecule has 0 aliphatic heterocycles. The van der Waals surface area contributed by atoms with Gasteiger partial charge in [0.15, 0.2) is 0 Å². The third-order valence-corrected chi connectivity index (χ3v) is 4.02. The normalized spacial score (nSPS) is 12.4. The Morgan fingerprint density at radius 1 is 1.10 bits per heavy atom. The van der Waals surface area contributed by atoms with Crippen molar-refractivity contribution in [1.29, 1.82) is 0 Å². The molecule has 0 aliphatic carbocycles. The van der Waals surface area contributed by atoms with Crippen LogP contribution in [0.2, 0.25) is 0 Å². The zero-order chi connectivity index (χ0) is 14.5. The molecule has 0 saturated carbocycles. The lowest BCUT2D eigenvalue weighted by Crippen LogP contribution is -2.24. The monoisotopic (exact) mass is 387 g/mol. The maximum atomic E-state index is 13.5. The van der Waals surface area contributed by atoms with Crippen molar-refractivity contribution < 1.29 is 8.78 Å². The number of benzene rings is 2. The third kappa shape index (κ3) is 3.76. The van der Waals surface area contributed by atoms with Crippen molar-refractivity contribution in [2.45, 2.75) is 19.4 Å². The van der Waals surface area contributed by atoms with Gasteiger partial charge in [0.05, 0.1) is 6.04 Å². The molecule has 2 aromatic carbocycles. The molecule has 0 fully saturated rings. The molecule has 0 aliphatic rings. The largest absolute Gasteiger partial charge is 0.306 e. The molecule has 20 heavy (non-hydrogen) atoms. The molecule has 0 saturated heterocycles. The van der Waals surface area contributed by atoms with Gasteiger partial charge in [-0.1, -0.05) is 25.1 Å². The van der Waals surface area contributed by atoms with E-state index in [-0.39, 0.29) is 6.04 Å². The van der Waals surface area contributed by atoms with E-state index in [4.69, 9.17) is 0 Å². The highest BCUT2D eigenvalue weighted by atomic mass is 127. The van der Waals surface area contributed by atoms with Crippen LogP contribution in [0.4, 0.5) is 8.78 Å². The van der Waals surface area contributed by atoms with E-state index in [0.717, 1.165) is 28.2 Å². The maximum Gasteiger partial charge on any atom is 0.126 e. The summed E-state index contributed by atoms with van der Waals surface area (Å²) in [6.07, 6.45) is 0.956. The molecular formula is C16H16F2IN. The molecule has 0 amide bonds. The van der Waals surface area contributed by atoms with Gasteiger partial charge in [-0.15, -0.1) is 0 Å². The molecule has 1 N–H and O–H groups in total. The smallest absolute Gasteiger partial charge is 0.126 e. The summed E-state index contributed by atoms with van der Waals surface area (Å²) in [4.78, 5) is 0. The summed E-state index contributed by atoms with van der Waals surface area (Å²) >= 11 is 2.24. The van der Waals surface area contributed by atoms with Crippen LogP contribution < -0.4 is 5.32 Å². The highest BCUT2D eigenvalue weighted by Gasteiger charge is 2.17. The van der Waals surface area contributed by atoms with Crippen molar-refractivity contribution in [2.24, 2.45) is 0 Å². The van der Waals surface area contributed by atoms with Gasteiger partial charge in [-0.25, -0.2) is 8.78 Å². The Balaban J connectivity index is 2.44. The Morgan fingerprint density at radius 3 is 2.35 bits per heavy atom. The molecule has 1 unspecified atom stereocenters. The van der Waals surface area contributed by atoms with Crippen LogP contribution >= 0.6 is 22.6 Å². The van der Waals surface area contributed by atoms with Gasteiger partial charge in [0.1, 0.15) is 11.6 Å². The molecular weight excluding hydrogens is 371 g/mol. The van der Waals surface area contributed by atoms with Gasteiger partial charge >= 0.3 is 0 Å². The van der Waals surface area contributed by atoms with Crippen LogP contribution in [-0.2, 0) is 0 Å². The van der Waals surface area contributed by atoms with Crippen LogP contribution in [0.5, 0.6) is 0 Å². The van der Waals surface area contributed by atoms with E-state index in [0.29, 0.717) is 5.56 Å². The first-order valence-corrected chi connectivity index (χ1v) is 7.63.